The molecule has 1 unspecified atom stereocenters. The van der Waals surface area contributed by atoms with E-state index in [1.165, 1.54) is 0 Å². The zero-order valence-electron chi connectivity index (χ0n) is 7.54. The lowest BCUT2D eigenvalue weighted by atomic mass is 10.1. The zero-order chi connectivity index (χ0) is 9.52. The van der Waals surface area contributed by atoms with Gasteiger partial charge in [0.2, 0.25) is 0 Å². The Bertz CT molecular complexity index is 263. The molecule has 0 aromatic heterocycles. The van der Waals surface area contributed by atoms with Crippen molar-refractivity contribution in [1.29, 1.82) is 0 Å². The lowest BCUT2D eigenvalue weighted by Gasteiger charge is -2.15. The SMILES string of the molecule is CC#CCOC(=O)C1CN=CNC1. The van der Waals surface area contributed by atoms with Crippen LogP contribution in [0.5, 0.6) is 0 Å². The lowest BCUT2D eigenvalue weighted by molar-refractivity contribution is -0.146. The predicted octanol–water partition coefficient (Wildman–Crippen LogP) is -0.199. The standard InChI is InChI=1S/C9H12N2O2/c1-2-3-4-13-9(12)8-5-10-7-11-6-8/h7-8H,4-6H2,1H3,(H,10,11). The fourth-order valence-electron chi connectivity index (χ4n) is 0.959. The smallest absolute Gasteiger partial charge is 0.313 e. The number of aliphatic imine (C=N–C) groups is 1. The van der Waals surface area contributed by atoms with E-state index in [1.807, 2.05) is 0 Å². The molecule has 1 aliphatic heterocycles. The summed E-state index contributed by atoms with van der Waals surface area (Å²) in [5.74, 6) is 4.93. The summed E-state index contributed by atoms with van der Waals surface area (Å²) >= 11 is 0. The van der Waals surface area contributed by atoms with Gasteiger partial charge in [-0.2, -0.15) is 0 Å². The second kappa shape index (κ2) is 5.20. The summed E-state index contributed by atoms with van der Waals surface area (Å²) in [4.78, 5) is 15.2. The molecule has 0 spiro atoms. The molecule has 0 radical (unpaired) electrons. The first kappa shape index (κ1) is 9.59. The summed E-state index contributed by atoms with van der Waals surface area (Å²) in [6, 6.07) is 0. The average Bonchev–Trinajstić information content (AvgIpc) is 2.19. The van der Waals surface area contributed by atoms with Gasteiger partial charge in [0.05, 0.1) is 18.8 Å². The largest absolute Gasteiger partial charge is 0.452 e. The van der Waals surface area contributed by atoms with Gasteiger partial charge in [0, 0.05) is 6.54 Å². The van der Waals surface area contributed by atoms with E-state index in [0.717, 1.165) is 0 Å². The highest BCUT2D eigenvalue weighted by molar-refractivity contribution is 5.74. The molecule has 4 nitrogen and oxygen atoms in total. The molecule has 1 aliphatic rings. The van der Waals surface area contributed by atoms with Crippen molar-refractivity contribution >= 4 is 12.3 Å². The molecule has 0 saturated heterocycles. The number of carbonyl (C=O) groups excluding carboxylic acids is 1. The van der Waals surface area contributed by atoms with Crippen molar-refractivity contribution < 1.29 is 9.53 Å². The minimum Gasteiger partial charge on any atom is -0.452 e. The molecule has 1 atom stereocenters. The Morgan fingerprint density at radius 3 is 3.31 bits per heavy atom. The molecule has 1 N–H and O–H groups in total. The summed E-state index contributed by atoms with van der Waals surface area (Å²) in [7, 11) is 0. The first-order valence-electron chi connectivity index (χ1n) is 4.12. The Kier molecular flexibility index (Phi) is 3.83. The topological polar surface area (TPSA) is 50.7 Å². The van der Waals surface area contributed by atoms with Gasteiger partial charge in [0.15, 0.2) is 6.61 Å². The number of nitrogens with one attached hydrogen (secondary N) is 1. The van der Waals surface area contributed by atoms with E-state index in [9.17, 15) is 4.79 Å². The zero-order valence-corrected chi connectivity index (χ0v) is 7.54. The fourth-order valence-corrected chi connectivity index (χ4v) is 0.959. The first-order chi connectivity index (χ1) is 6.34. The summed E-state index contributed by atoms with van der Waals surface area (Å²) in [6.45, 7) is 2.99. The number of esters is 1. The van der Waals surface area contributed by atoms with Crippen LogP contribution in [0.2, 0.25) is 0 Å². The van der Waals surface area contributed by atoms with E-state index >= 15 is 0 Å². The van der Waals surface area contributed by atoms with E-state index in [1.54, 1.807) is 13.3 Å². The first-order valence-corrected chi connectivity index (χ1v) is 4.12. The highest BCUT2D eigenvalue weighted by Gasteiger charge is 2.20. The maximum atomic E-state index is 11.3. The van der Waals surface area contributed by atoms with Gasteiger partial charge >= 0.3 is 5.97 Å². The Labute approximate surface area is 77.4 Å². The molecular weight excluding hydrogens is 168 g/mol. The molecular formula is C9H12N2O2. The molecule has 0 bridgehead atoms. The van der Waals surface area contributed by atoms with Gasteiger partial charge in [-0.3, -0.25) is 9.79 Å². The van der Waals surface area contributed by atoms with Crippen LogP contribution in [-0.4, -0.2) is 32.0 Å². The van der Waals surface area contributed by atoms with Crippen LogP contribution in [0.4, 0.5) is 0 Å². The van der Waals surface area contributed by atoms with Gasteiger partial charge in [0.1, 0.15) is 0 Å². The van der Waals surface area contributed by atoms with Crippen molar-refractivity contribution in [3.8, 4) is 11.8 Å². The third-order valence-corrected chi connectivity index (χ3v) is 1.67. The van der Waals surface area contributed by atoms with Crippen LogP contribution in [0.3, 0.4) is 0 Å². The molecule has 1 heterocycles. The van der Waals surface area contributed by atoms with Crippen LogP contribution in [0.15, 0.2) is 4.99 Å². The minimum atomic E-state index is -0.230. The Morgan fingerprint density at radius 2 is 2.69 bits per heavy atom. The number of carbonyl (C=O) groups is 1. The van der Waals surface area contributed by atoms with Gasteiger partial charge in [-0.25, -0.2) is 0 Å². The highest BCUT2D eigenvalue weighted by Crippen LogP contribution is 2.01. The van der Waals surface area contributed by atoms with Gasteiger partial charge in [-0.05, 0) is 6.92 Å². The Balaban J connectivity index is 2.29. The number of ether oxygens (including phenoxy) is 1. The highest BCUT2D eigenvalue weighted by atomic mass is 16.5. The average molecular weight is 180 g/mol. The second-order valence-corrected chi connectivity index (χ2v) is 2.63. The summed E-state index contributed by atoms with van der Waals surface area (Å²) in [5.41, 5.74) is 0. The van der Waals surface area contributed by atoms with Crippen molar-refractivity contribution in [2.24, 2.45) is 10.9 Å². The van der Waals surface area contributed by atoms with E-state index in [0.29, 0.717) is 13.1 Å². The molecule has 70 valence electrons. The van der Waals surface area contributed by atoms with Crippen molar-refractivity contribution in [2.45, 2.75) is 6.92 Å². The van der Waals surface area contributed by atoms with Crippen molar-refractivity contribution in [3.05, 3.63) is 0 Å². The van der Waals surface area contributed by atoms with Crippen LogP contribution in [-0.2, 0) is 9.53 Å². The predicted molar refractivity (Wildman–Crippen MR) is 49.3 cm³/mol. The molecule has 4 heteroatoms. The molecule has 13 heavy (non-hydrogen) atoms. The third-order valence-electron chi connectivity index (χ3n) is 1.67. The fraction of sp³-hybridized carbons (Fsp3) is 0.556. The number of hydrogen-bond donors (Lipinski definition) is 1. The number of nitrogens with zero attached hydrogens (tertiary/aromatic N) is 1. The monoisotopic (exact) mass is 180 g/mol. The Morgan fingerprint density at radius 1 is 1.85 bits per heavy atom. The van der Waals surface area contributed by atoms with E-state index < -0.39 is 0 Å². The lowest BCUT2D eigenvalue weighted by Crippen LogP contribution is -2.35. The Hall–Kier alpha value is -1.50. The summed E-state index contributed by atoms with van der Waals surface area (Å²) < 4.78 is 4.90. The van der Waals surface area contributed by atoms with Crippen LogP contribution in [0.1, 0.15) is 6.92 Å². The van der Waals surface area contributed by atoms with Crippen LogP contribution < -0.4 is 5.32 Å². The second-order valence-electron chi connectivity index (χ2n) is 2.63. The molecule has 0 saturated carbocycles. The van der Waals surface area contributed by atoms with E-state index in [-0.39, 0.29) is 18.5 Å². The van der Waals surface area contributed by atoms with E-state index in [2.05, 4.69) is 22.2 Å². The van der Waals surface area contributed by atoms with Gasteiger partial charge in [-0.1, -0.05) is 5.92 Å². The van der Waals surface area contributed by atoms with Crippen molar-refractivity contribution in [1.82, 2.24) is 5.32 Å². The molecule has 0 amide bonds. The molecule has 0 aliphatic carbocycles. The van der Waals surface area contributed by atoms with Gasteiger partial charge in [-0.15, -0.1) is 5.92 Å². The molecule has 0 aromatic carbocycles. The number of rotatable bonds is 2. The molecule has 0 fully saturated rings. The van der Waals surface area contributed by atoms with Crippen LogP contribution in [0.25, 0.3) is 0 Å². The van der Waals surface area contributed by atoms with Crippen molar-refractivity contribution in [2.75, 3.05) is 19.7 Å². The normalized spacial score (nSPS) is 19.6. The quantitative estimate of drug-likeness (QED) is 0.473. The van der Waals surface area contributed by atoms with Crippen LogP contribution >= 0.6 is 0 Å². The summed E-state index contributed by atoms with van der Waals surface area (Å²) in [6.07, 6.45) is 1.61. The summed E-state index contributed by atoms with van der Waals surface area (Å²) in [5, 5.41) is 2.88. The maximum absolute atomic E-state index is 11.3. The minimum absolute atomic E-state index is 0.163. The van der Waals surface area contributed by atoms with Gasteiger partial charge < -0.3 is 10.1 Å². The number of hydrogen-bond acceptors (Lipinski definition) is 4. The van der Waals surface area contributed by atoms with E-state index in [4.69, 9.17) is 4.74 Å². The maximum Gasteiger partial charge on any atom is 0.313 e. The third kappa shape index (κ3) is 3.16. The van der Waals surface area contributed by atoms with Crippen LogP contribution in [0, 0.1) is 17.8 Å². The molecule has 1 rings (SSSR count). The van der Waals surface area contributed by atoms with Gasteiger partial charge in [0.25, 0.3) is 0 Å². The van der Waals surface area contributed by atoms with Crippen molar-refractivity contribution in [3.63, 3.8) is 0 Å². The molecule has 0 aromatic rings.